The van der Waals surface area contributed by atoms with Gasteiger partial charge in [0.05, 0.1) is 12.8 Å². The first-order valence-electron chi connectivity index (χ1n) is 8.54. The maximum Gasteiger partial charge on any atom is 0.271 e. The van der Waals surface area contributed by atoms with Gasteiger partial charge < -0.3 is 10.5 Å². The molecule has 7 nitrogen and oxygen atoms in total. The van der Waals surface area contributed by atoms with Crippen molar-refractivity contribution < 1.29 is 14.3 Å². The number of aryl methyl sites for hydroxylation is 1. The maximum absolute atomic E-state index is 12.7. The van der Waals surface area contributed by atoms with E-state index in [4.69, 9.17) is 10.5 Å². The van der Waals surface area contributed by atoms with E-state index in [-0.39, 0.29) is 11.6 Å². The molecule has 0 unspecified atom stereocenters. The minimum atomic E-state index is -0.611. The molecule has 1 aliphatic rings. The van der Waals surface area contributed by atoms with E-state index in [0.29, 0.717) is 23.4 Å². The van der Waals surface area contributed by atoms with Crippen LogP contribution in [0.2, 0.25) is 0 Å². The second-order valence-corrected chi connectivity index (χ2v) is 6.28. The van der Waals surface area contributed by atoms with Crippen molar-refractivity contribution in [2.24, 2.45) is 5.73 Å². The van der Waals surface area contributed by atoms with E-state index in [0.717, 1.165) is 23.1 Å². The summed E-state index contributed by atoms with van der Waals surface area (Å²) in [6.07, 6.45) is 1.43. The molecule has 1 aliphatic carbocycles. The second-order valence-electron chi connectivity index (χ2n) is 6.28. The number of primary amides is 1. The van der Waals surface area contributed by atoms with E-state index in [9.17, 15) is 9.59 Å². The highest BCUT2D eigenvalue weighted by atomic mass is 16.5. The van der Waals surface area contributed by atoms with E-state index in [1.807, 2.05) is 24.3 Å². The average Bonchev–Trinajstić information content (AvgIpc) is 3.07. The Balaban J connectivity index is 1.78. The Morgan fingerprint density at radius 3 is 2.74 bits per heavy atom. The number of nitrogens with two attached hydrogens (primary N) is 1. The highest BCUT2D eigenvalue weighted by molar-refractivity contribution is 6.01. The Labute approximate surface area is 155 Å². The third kappa shape index (κ3) is 2.93. The Morgan fingerprint density at radius 1 is 1.15 bits per heavy atom. The third-order valence-corrected chi connectivity index (χ3v) is 4.67. The Bertz CT molecular complexity index is 1060. The van der Waals surface area contributed by atoms with Gasteiger partial charge in [-0.25, -0.2) is 5.43 Å². The molecule has 0 radical (unpaired) electrons. The van der Waals surface area contributed by atoms with E-state index in [2.05, 4.69) is 10.5 Å². The molecular formula is C20H18N4O3. The van der Waals surface area contributed by atoms with E-state index in [1.54, 1.807) is 24.3 Å². The van der Waals surface area contributed by atoms with Crippen LogP contribution in [0.3, 0.4) is 0 Å². The van der Waals surface area contributed by atoms with Gasteiger partial charge in [0.1, 0.15) is 5.75 Å². The van der Waals surface area contributed by atoms with Crippen LogP contribution in [0.5, 0.6) is 5.75 Å². The third-order valence-electron chi connectivity index (χ3n) is 4.67. The van der Waals surface area contributed by atoms with Crippen LogP contribution in [0.25, 0.3) is 11.3 Å². The largest absolute Gasteiger partial charge is 0.497 e. The summed E-state index contributed by atoms with van der Waals surface area (Å²) in [4.78, 5) is 25.9. The molecule has 7 heteroatoms. The van der Waals surface area contributed by atoms with Crippen LogP contribution in [0.4, 0.5) is 0 Å². The average molecular weight is 362 g/mol. The number of amides is 2. The molecule has 3 N–H and O–H groups in total. The minimum absolute atomic E-state index is 0.186. The molecule has 1 aromatic heterocycles. The van der Waals surface area contributed by atoms with Gasteiger partial charge in [-0.3, -0.25) is 9.59 Å². The van der Waals surface area contributed by atoms with Gasteiger partial charge in [0.25, 0.3) is 11.8 Å². The van der Waals surface area contributed by atoms with Crippen molar-refractivity contribution in [1.82, 2.24) is 9.89 Å². The first-order chi connectivity index (χ1) is 13.1. The summed E-state index contributed by atoms with van der Waals surface area (Å²) in [5.74, 6) is -0.397. The van der Waals surface area contributed by atoms with E-state index in [1.165, 1.54) is 11.9 Å². The van der Waals surface area contributed by atoms with Crippen LogP contribution in [0, 0.1) is 0 Å². The smallest absolute Gasteiger partial charge is 0.271 e. The summed E-state index contributed by atoms with van der Waals surface area (Å²) in [7, 11) is 1.54. The molecule has 27 heavy (non-hydrogen) atoms. The van der Waals surface area contributed by atoms with Crippen LogP contribution in [-0.4, -0.2) is 28.8 Å². The zero-order valence-corrected chi connectivity index (χ0v) is 14.7. The van der Waals surface area contributed by atoms with Crippen LogP contribution >= 0.6 is 0 Å². The van der Waals surface area contributed by atoms with Gasteiger partial charge in [-0.15, -0.1) is 5.10 Å². The predicted molar refractivity (Wildman–Crippen MR) is 100 cm³/mol. The first kappa shape index (κ1) is 16.8. The van der Waals surface area contributed by atoms with Crippen molar-refractivity contribution in [2.45, 2.75) is 12.8 Å². The lowest BCUT2D eigenvalue weighted by atomic mass is 9.89. The molecule has 0 bridgehead atoms. The SMILES string of the molecule is COc1cccc(C(=O)Nn2nc(C(N)=O)c3c2-c2ccccc2CC3)c1. The van der Waals surface area contributed by atoms with Crippen molar-refractivity contribution in [3.63, 3.8) is 0 Å². The monoisotopic (exact) mass is 362 g/mol. The Kier molecular flexibility index (Phi) is 4.12. The molecule has 2 amide bonds. The summed E-state index contributed by atoms with van der Waals surface area (Å²) in [6, 6.07) is 14.7. The molecular weight excluding hydrogens is 344 g/mol. The summed E-state index contributed by atoms with van der Waals surface area (Å²) < 4.78 is 5.16. The fourth-order valence-electron chi connectivity index (χ4n) is 3.40. The number of nitrogens with zero attached hydrogens (tertiary/aromatic N) is 2. The van der Waals surface area contributed by atoms with Crippen LogP contribution in [0.15, 0.2) is 48.5 Å². The molecule has 0 spiro atoms. The zero-order chi connectivity index (χ0) is 19.0. The Morgan fingerprint density at radius 2 is 1.96 bits per heavy atom. The number of benzene rings is 2. The molecule has 0 aliphatic heterocycles. The summed E-state index contributed by atoms with van der Waals surface area (Å²) in [5, 5.41) is 4.28. The van der Waals surface area contributed by atoms with Gasteiger partial charge in [-0.2, -0.15) is 4.79 Å². The molecule has 4 rings (SSSR count). The zero-order valence-electron chi connectivity index (χ0n) is 14.7. The molecule has 136 valence electrons. The minimum Gasteiger partial charge on any atom is -0.497 e. The fraction of sp³-hybridized carbons (Fsp3) is 0.150. The van der Waals surface area contributed by atoms with Gasteiger partial charge in [0.15, 0.2) is 5.69 Å². The number of nitrogens with one attached hydrogen (secondary N) is 1. The van der Waals surface area contributed by atoms with Crippen LogP contribution < -0.4 is 15.9 Å². The topological polar surface area (TPSA) is 99.2 Å². The lowest BCUT2D eigenvalue weighted by Crippen LogP contribution is -2.26. The first-order valence-corrected chi connectivity index (χ1v) is 8.54. The molecule has 3 aromatic rings. The standard InChI is InChI=1S/C20H18N4O3/c1-27-14-7-4-6-13(11-14)20(26)23-24-18-15-8-3-2-5-12(15)9-10-16(18)17(22-24)19(21)25/h2-8,11H,9-10H2,1H3,(H2,21,25)(H,23,26). The van der Waals surface area contributed by atoms with Crippen molar-refractivity contribution in [3.05, 3.63) is 70.9 Å². The number of methoxy groups -OCH3 is 1. The summed E-state index contributed by atoms with van der Waals surface area (Å²) >= 11 is 0. The maximum atomic E-state index is 12.7. The lowest BCUT2D eigenvalue weighted by Gasteiger charge is -2.18. The van der Waals surface area contributed by atoms with Crippen molar-refractivity contribution >= 4 is 11.8 Å². The molecule has 2 aromatic carbocycles. The number of hydrogen-bond donors (Lipinski definition) is 2. The van der Waals surface area contributed by atoms with E-state index >= 15 is 0 Å². The quantitative estimate of drug-likeness (QED) is 0.743. The van der Waals surface area contributed by atoms with Gasteiger partial charge in [-0.1, -0.05) is 30.3 Å². The highest BCUT2D eigenvalue weighted by Gasteiger charge is 2.28. The number of fused-ring (bicyclic) bond motifs is 3. The molecule has 1 heterocycles. The van der Waals surface area contributed by atoms with Crippen LogP contribution in [0.1, 0.15) is 32.0 Å². The fourth-order valence-corrected chi connectivity index (χ4v) is 3.40. The van der Waals surface area contributed by atoms with Crippen molar-refractivity contribution in [1.29, 1.82) is 0 Å². The number of ether oxygens (including phenoxy) is 1. The predicted octanol–water partition coefficient (Wildman–Crippen LogP) is 2.14. The number of hydrogen-bond acceptors (Lipinski definition) is 4. The highest BCUT2D eigenvalue weighted by Crippen LogP contribution is 2.34. The Hall–Kier alpha value is -3.61. The normalized spacial score (nSPS) is 12.0. The molecule has 0 saturated heterocycles. The number of rotatable bonds is 4. The molecule has 0 atom stereocenters. The van der Waals surface area contributed by atoms with Crippen LogP contribution in [-0.2, 0) is 12.8 Å². The second kappa shape index (κ2) is 6.60. The summed E-state index contributed by atoms with van der Waals surface area (Å²) in [5.41, 5.74) is 12.4. The molecule has 0 saturated carbocycles. The van der Waals surface area contributed by atoms with Gasteiger partial charge >= 0.3 is 0 Å². The van der Waals surface area contributed by atoms with E-state index < -0.39 is 5.91 Å². The summed E-state index contributed by atoms with van der Waals surface area (Å²) in [6.45, 7) is 0. The van der Waals surface area contributed by atoms with Gasteiger partial charge in [0, 0.05) is 16.7 Å². The van der Waals surface area contributed by atoms with Crippen molar-refractivity contribution in [2.75, 3.05) is 12.5 Å². The number of carbonyl (C=O) groups excluding carboxylic acids is 2. The van der Waals surface area contributed by atoms with Gasteiger partial charge in [0.2, 0.25) is 0 Å². The van der Waals surface area contributed by atoms with Gasteiger partial charge in [-0.05, 0) is 36.6 Å². The molecule has 0 fully saturated rings. The number of aromatic nitrogens is 2. The number of carbonyl (C=O) groups is 2. The van der Waals surface area contributed by atoms with Crippen molar-refractivity contribution in [3.8, 4) is 17.0 Å². The lowest BCUT2D eigenvalue weighted by molar-refractivity contribution is 0.0983.